The molecule has 188 valence electrons. The maximum absolute atomic E-state index is 12.5. The average molecular weight is 501 g/mol. The van der Waals surface area contributed by atoms with E-state index in [1.165, 1.54) is 11.3 Å². The third-order valence-corrected chi connectivity index (χ3v) is 6.43. The molecule has 1 amide bonds. The van der Waals surface area contributed by atoms with Crippen LogP contribution in [0.1, 0.15) is 41.7 Å². The van der Waals surface area contributed by atoms with E-state index in [0.717, 1.165) is 19.6 Å². The molecule has 11 heteroatoms. The molecule has 3 aromatic rings. The molecule has 0 radical (unpaired) electrons. The van der Waals surface area contributed by atoms with Gasteiger partial charge in [0, 0.05) is 24.0 Å². The van der Waals surface area contributed by atoms with Gasteiger partial charge in [-0.05, 0) is 44.3 Å². The summed E-state index contributed by atoms with van der Waals surface area (Å²) < 4.78 is 10.9. The monoisotopic (exact) mass is 500 g/mol. The number of methoxy groups -OCH3 is 2. The molecule has 0 saturated carbocycles. The molecule has 0 fully saturated rings. The smallest absolute Gasteiger partial charge is 0.261 e. The standard InChI is InChI=1S/C24H32N6O4S/c1-6-26-22(31)19-14-16-21(27-24(25)28-23(16)35-19)20(29-34-12-11-30(7-2)8-3)15-9-10-17(32-4)18(13-15)33-5/h9-10,13-14H,6-8,11-12H2,1-5H3,(H,26,31)(H2,25,27,28). The Balaban J connectivity index is 2.11. The van der Waals surface area contributed by atoms with Crippen molar-refractivity contribution in [3.8, 4) is 11.5 Å². The predicted octanol–water partition coefficient (Wildman–Crippen LogP) is 3.15. The van der Waals surface area contributed by atoms with Crippen LogP contribution < -0.4 is 20.5 Å². The van der Waals surface area contributed by atoms with Gasteiger partial charge in [0.25, 0.3) is 5.91 Å². The molecule has 3 N–H and O–H groups in total. The second-order valence-corrected chi connectivity index (χ2v) is 8.52. The quantitative estimate of drug-likeness (QED) is 0.221. The van der Waals surface area contributed by atoms with Gasteiger partial charge in [0.15, 0.2) is 11.5 Å². The summed E-state index contributed by atoms with van der Waals surface area (Å²) in [5, 5.41) is 7.94. The van der Waals surface area contributed by atoms with Gasteiger partial charge >= 0.3 is 0 Å². The number of thiophene rings is 1. The molecule has 0 bridgehead atoms. The van der Waals surface area contributed by atoms with E-state index in [4.69, 9.17) is 20.0 Å². The number of carbonyl (C=O) groups excluding carboxylic acids is 1. The fourth-order valence-corrected chi connectivity index (χ4v) is 4.47. The Morgan fingerprint density at radius 3 is 2.51 bits per heavy atom. The molecule has 0 aliphatic heterocycles. The molecule has 2 heterocycles. The third-order valence-electron chi connectivity index (χ3n) is 5.40. The van der Waals surface area contributed by atoms with E-state index in [1.807, 2.05) is 13.0 Å². The maximum Gasteiger partial charge on any atom is 0.261 e. The highest BCUT2D eigenvalue weighted by Gasteiger charge is 2.21. The number of nitrogens with one attached hydrogen (secondary N) is 1. The number of benzene rings is 1. The highest BCUT2D eigenvalue weighted by Crippen LogP contribution is 2.32. The first-order valence-electron chi connectivity index (χ1n) is 11.5. The number of fused-ring (bicyclic) bond motifs is 1. The number of amides is 1. The van der Waals surface area contributed by atoms with Gasteiger partial charge in [-0.1, -0.05) is 19.0 Å². The second kappa shape index (κ2) is 12.3. The van der Waals surface area contributed by atoms with Gasteiger partial charge in [0.05, 0.1) is 19.1 Å². The number of hydrogen-bond donors (Lipinski definition) is 2. The normalized spacial score (nSPS) is 11.7. The van der Waals surface area contributed by atoms with E-state index in [0.29, 0.717) is 56.7 Å². The van der Waals surface area contributed by atoms with Crippen molar-refractivity contribution in [1.29, 1.82) is 0 Å². The van der Waals surface area contributed by atoms with Crippen molar-refractivity contribution in [2.45, 2.75) is 20.8 Å². The molecular formula is C24H32N6O4S. The van der Waals surface area contributed by atoms with E-state index in [-0.39, 0.29) is 11.9 Å². The highest BCUT2D eigenvalue weighted by molar-refractivity contribution is 7.20. The lowest BCUT2D eigenvalue weighted by molar-refractivity contribution is 0.0960. The fourth-order valence-electron chi connectivity index (χ4n) is 3.51. The van der Waals surface area contributed by atoms with Crippen LogP contribution in [-0.4, -0.2) is 73.5 Å². The topological polar surface area (TPSA) is 124 Å². The van der Waals surface area contributed by atoms with Crippen molar-refractivity contribution in [1.82, 2.24) is 20.2 Å². The minimum absolute atomic E-state index is 0.0770. The second-order valence-electron chi connectivity index (χ2n) is 7.49. The lowest BCUT2D eigenvalue weighted by Gasteiger charge is -2.17. The van der Waals surface area contributed by atoms with Gasteiger partial charge < -0.3 is 30.3 Å². The van der Waals surface area contributed by atoms with Crippen LogP contribution in [0, 0.1) is 0 Å². The first-order chi connectivity index (χ1) is 16.9. The van der Waals surface area contributed by atoms with Crippen LogP contribution in [-0.2, 0) is 4.84 Å². The lowest BCUT2D eigenvalue weighted by atomic mass is 10.0. The Kier molecular flexibility index (Phi) is 9.21. The molecular weight excluding hydrogens is 468 g/mol. The molecule has 35 heavy (non-hydrogen) atoms. The summed E-state index contributed by atoms with van der Waals surface area (Å²) in [6.07, 6.45) is 0. The first-order valence-corrected chi connectivity index (χ1v) is 12.3. The van der Waals surface area contributed by atoms with Crippen molar-refractivity contribution in [3.05, 3.63) is 40.4 Å². The molecule has 3 rings (SSSR count). The molecule has 1 aromatic carbocycles. The first kappa shape index (κ1) is 26.2. The van der Waals surface area contributed by atoms with Gasteiger partial charge in [-0.15, -0.1) is 11.3 Å². The molecule has 2 aromatic heterocycles. The molecule has 0 aliphatic rings. The number of oxime groups is 1. The Hall–Kier alpha value is -3.44. The van der Waals surface area contributed by atoms with Crippen LogP contribution in [0.15, 0.2) is 29.4 Å². The lowest BCUT2D eigenvalue weighted by Crippen LogP contribution is -2.26. The number of nitrogens with two attached hydrogens (primary N) is 1. The summed E-state index contributed by atoms with van der Waals surface area (Å²) in [4.78, 5) is 30.4. The van der Waals surface area contributed by atoms with Gasteiger partial charge in [-0.25, -0.2) is 9.97 Å². The van der Waals surface area contributed by atoms with E-state index in [9.17, 15) is 4.79 Å². The minimum Gasteiger partial charge on any atom is -0.493 e. The fraction of sp³-hybridized carbons (Fsp3) is 0.417. The highest BCUT2D eigenvalue weighted by atomic mass is 32.1. The molecule has 0 unspecified atom stereocenters. The summed E-state index contributed by atoms with van der Waals surface area (Å²) in [6.45, 7) is 9.57. The van der Waals surface area contributed by atoms with Gasteiger partial charge in [0.1, 0.15) is 22.8 Å². The average Bonchev–Trinajstić information content (AvgIpc) is 3.30. The Labute approximate surface area is 209 Å². The number of aromatic nitrogens is 2. The van der Waals surface area contributed by atoms with Crippen LogP contribution in [0.4, 0.5) is 5.95 Å². The van der Waals surface area contributed by atoms with E-state index < -0.39 is 0 Å². The van der Waals surface area contributed by atoms with Crippen molar-refractivity contribution in [2.75, 3.05) is 52.7 Å². The number of likely N-dealkylation sites (N-methyl/N-ethyl adjacent to an activating group) is 1. The Bertz CT molecular complexity index is 1190. The number of nitrogens with zero attached hydrogens (tertiary/aromatic N) is 4. The number of carbonyl (C=O) groups is 1. The zero-order valence-corrected chi connectivity index (χ0v) is 21.6. The SMILES string of the molecule is CCNC(=O)c1cc2c(C(=NOCCN(CC)CC)c3ccc(OC)c(OC)c3)nc(N)nc2s1. The van der Waals surface area contributed by atoms with Crippen LogP contribution in [0.3, 0.4) is 0 Å². The summed E-state index contributed by atoms with van der Waals surface area (Å²) in [6, 6.07) is 7.18. The number of rotatable bonds is 12. The summed E-state index contributed by atoms with van der Waals surface area (Å²) in [5.41, 5.74) is 7.66. The Morgan fingerprint density at radius 2 is 1.86 bits per heavy atom. The van der Waals surface area contributed by atoms with Crippen molar-refractivity contribution in [3.63, 3.8) is 0 Å². The molecule has 0 atom stereocenters. The van der Waals surface area contributed by atoms with E-state index in [1.54, 1.807) is 32.4 Å². The van der Waals surface area contributed by atoms with E-state index >= 15 is 0 Å². The van der Waals surface area contributed by atoms with E-state index in [2.05, 4.69) is 39.2 Å². The molecule has 0 aliphatic carbocycles. The zero-order valence-electron chi connectivity index (χ0n) is 20.8. The van der Waals surface area contributed by atoms with Crippen LogP contribution in [0.5, 0.6) is 11.5 Å². The molecule has 0 saturated heterocycles. The largest absolute Gasteiger partial charge is 0.493 e. The number of nitrogen functional groups attached to an aromatic ring is 1. The minimum atomic E-state index is -0.180. The number of hydrogen-bond acceptors (Lipinski definition) is 10. The van der Waals surface area contributed by atoms with Crippen LogP contribution >= 0.6 is 11.3 Å². The molecule has 10 nitrogen and oxygen atoms in total. The number of ether oxygens (including phenoxy) is 2. The number of anilines is 1. The molecule has 0 spiro atoms. The zero-order chi connectivity index (χ0) is 25.4. The van der Waals surface area contributed by atoms with Crippen molar-refractivity contribution in [2.24, 2.45) is 5.16 Å². The summed E-state index contributed by atoms with van der Waals surface area (Å²) in [5.74, 6) is 1.01. The summed E-state index contributed by atoms with van der Waals surface area (Å²) >= 11 is 1.25. The summed E-state index contributed by atoms with van der Waals surface area (Å²) in [7, 11) is 3.14. The van der Waals surface area contributed by atoms with Crippen molar-refractivity contribution < 1.29 is 19.1 Å². The van der Waals surface area contributed by atoms with Gasteiger partial charge in [-0.2, -0.15) is 0 Å². The Morgan fingerprint density at radius 1 is 1.11 bits per heavy atom. The van der Waals surface area contributed by atoms with Gasteiger partial charge in [0.2, 0.25) is 5.95 Å². The van der Waals surface area contributed by atoms with Crippen molar-refractivity contribution >= 4 is 39.1 Å². The third kappa shape index (κ3) is 6.17. The predicted molar refractivity (Wildman–Crippen MR) is 139 cm³/mol. The van der Waals surface area contributed by atoms with Crippen LogP contribution in [0.25, 0.3) is 10.2 Å². The maximum atomic E-state index is 12.5. The van der Waals surface area contributed by atoms with Crippen LogP contribution in [0.2, 0.25) is 0 Å². The van der Waals surface area contributed by atoms with Gasteiger partial charge in [-0.3, -0.25) is 4.79 Å².